The summed E-state index contributed by atoms with van der Waals surface area (Å²) in [6, 6.07) is 116. The van der Waals surface area contributed by atoms with Gasteiger partial charge in [0.15, 0.2) is 69.9 Å². The van der Waals surface area contributed by atoms with Gasteiger partial charge in [-0.2, -0.15) is 5.26 Å². The Morgan fingerprint density at radius 1 is 0.196 bits per heavy atom. The molecule has 0 unspecified atom stereocenters. The molecule has 0 aliphatic rings. The highest BCUT2D eigenvalue weighted by atomic mass is 15.1. The fourth-order valence-electron chi connectivity index (χ4n) is 14.7. The van der Waals surface area contributed by atoms with Crippen molar-refractivity contribution in [2.24, 2.45) is 0 Å². The topological polar surface area (TPSA) is 201 Å². The van der Waals surface area contributed by atoms with E-state index in [4.69, 9.17) is 64.8 Å². The van der Waals surface area contributed by atoms with Crippen molar-refractivity contribution < 1.29 is 0 Å². The highest BCUT2D eigenvalue weighted by Crippen LogP contribution is 2.45. The minimum atomic E-state index is 0.497. The molecule has 7 aromatic heterocycles. The Labute approximate surface area is 641 Å². The predicted octanol–water partition coefficient (Wildman–Crippen LogP) is 21.6. The number of hydrogen-bond acceptors (Lipinski definition) is 14. The van der Waals surface area contributed by atoms with Crippen molar-refractivity contribution in [1.82, 2.24) is 73.9 Å². The lowest BCUT2D eigenvalue weighted by Crippen LogP contribution is -2.05. The summed E-state index contributed by atoms with van der Waals surface area (Å²) >= 11 is 0. The molecule has 20 rings (SSSR count). The van der Waals surface area contributed by atoms with Gasteiger partial charge in [-0.25, -0.2) is 59.8 Å². The highest BCUT2D eigenvalue weighted by molar-refractivity contribution is 6.14. The molecule has 0 spiro atoms. The van der Waals surface area contributed by atoms with Crippen molar-refractivity contribution in [3.63, 3.8) is 0 Å². The largest absolute Gasteiger partial charge is 0.307 e. The molecule has 0 saturated heterocycles. The number of aromatic nitrogens is 15. The van der Waals surface area contributed by atoms with Crippen LogP contribution in [-0.4, -0.2) is 73.9 Å². The van der Waals surface area contributed by atoms with Gasteiger partial charge < -0.3 is 9.13 Å². The maximum atomic E-state index is 10.5. The molecule has 16 nitrogen and oxygen atoms in total. The zero-order valence-electron chi connectivity index (χ0n) is 59.6. The summed E-state index contributed by atoms with van der Waals surface area (Å²) in [5.41, 5.74) is 17.0. The first-order chi connectivity index (χ1) is 55.4. The average Bonchev–Trinajstić information content (AvgIpc) is 1.55. The summed E-state index contributed by atoms with van der Waals surface area (Å²) in [5.74, 6) is 6.32. The molecule has 0 atom stereocenters. The Morgan fingerprint density at radius 3 is 0.580 bits per heavy atom. The number of pyridine rings is 1. The monoisotopic (exact) mass is 1430 g/mol. The van der Waals surface area contributed by atoms with Gasteiger partial charge >= 0.3 is 0 Å². The molecule has 0 fully saturated rings. The number of hydrogen-bond donors (Lipinski definition) is 0. The molecule has 0 radical (unpaired) electrons. The first-order valence-corrected chi connectivity index (χ1v) is 36.6. The second-order valence-corrected chi connectivity index (χ2v) is 27.0. The molecule has 7 heterocycles. The van der Waals surface area contributed by atoms with E-state index in [1.54, 1.807) is 0 Å². The Kier molecular flexibility index (Phi) is 16.5. The molecule has 522 valence electrons. The van der Waals surface area contributed by atoms with Gasteiger partial charge in [0, 0.05) is 93.9 Å². The molecule has 0 amide bonds. The average molecular weight is 1440 g/mol. The van der Waals surface area contributed by atoms with Crippen molar-refractivity contribution in [1.29, 1.82) is 5.26 Å². The van der Waals surface area contributed by atoms with Crippen LogP contribution in [0.2, 0.25) is 0 Å². The quantitative estimate of drug-likeness (QED) is 0.0938. The number of fused-ring (bicyclic) bond motifs is 6. The van der Waals surface area contributed by atoms with Gasteiger partial charge in [-0.05, 0) is 90.5 Å². The van der Waals surface area contributed by atoms with Crippen LogP contribution in [0.15, 0.2) is 352 Å². The van der Waals surface area contributed by atoms with Crippen LogP contribution < -0.4 is 0 Å². The molecule has 16 heteroatoms. The van der Waals surface area contributed by atoms with Crippen molar-refractivity contribution in [2.45, 2.75) is 0 Å². The molecule has 0 saturated carbocycles. The van der Waals surface area contributed by atoms with Gasteiger partial charge in [-0.1, -0.05) is 255 Å². The second kappa shape index (κ2) is 28.1. The minimum Gasteiger partial charge on any atom is -0.307 e. The molecule has 0 aliphatic carbocycles. The first kappa shape index (κ1) is 65.6. The van der Waals surface area contributed by atoms with E-state index in [9.17, 15) is 5.26 Å². The lowest BCUT2D eigenvalue weighted by atomic mass is 10.0. The third-order valence-corrected chi connectivity index (χ3v) is 20.1. The predicted molar refractivity (Wildman–Crippen MR) is 442 cm³/mol. The van der Waals surface area contributed by atoms with E-state index in [-0.39, 0.29) is 0 Å². The Hall–Kier alpha value is -15.9. The van der Waals surface area contributed by atoms with E-state index in [1.807, 2.05) is 279 Å². The van der Waals surface area contributed by atoms with Gasteiger partial charge in [0.25, 0.3) is 0 Å². The Bertz CT molecular complexity index is 6040. The van der Waals surface area contributed by atoms with Crippen LogP contribution in [0.1, 0.15) is 5.56 Å². The van der Waals surface area contributed by atoms with E-state index >= 15 is 0 Å². The van der Waals surface area contributed by atoms with Crippen molar-refractivity contribution >= 4 is 43.6 Å². The molecule has 112 heavy (non-hydrogen) atoms. The molecule has 20 aromatic rings. The van der Waals surface area contributed by atoms with Crippen LogP contribution in [0.25, 0.3) is 203 Å². The summed E-state index contributed by atoms with van der Waals surface area (Å²) in [6.45, 7) is 0. The molecule has 0 aliphatic heterocycles. The lowest BCUT2D eigenvalue weighted by Gasteiger charge is -2.20. The van der Waals surface area contributed by atoms with Crippen LogP contribution in [0.4, 0.5) is 0 Å². The van der Waals surface area contributed by atoms with Gasteiger partial charge in [0.05, 0.1) is 57.5 Å². The normalized spacial score (nSPS) is 11.4. The molecular weight excluding hydrogens is 1380 g/mol. The summed E-state index contributed by atoms with van der Waals surface area (Å²) < 4.78 is 4.57. The van der Waals surface area contributed by atoms with Crippen molar-refractivity contribution in [2.75, 3.05) is 0 Å². The SMILES string of the molecule is N#Cc1ccc(-c2c(-n3c4ccc(-c5nc(-c6ccccc6)nc(-c6ccccc6)n5)cc4c4cc(-c5nc(-c6ccccc6)nc(-c6ccccc6)n5)ccc43)cncc2-n2c3ccc(-c4nc(-c5ccccc5)nc(-c5ccccc5)n4)cc3c3cc(-c4nc(-c5ccccc5)nc(-c5ccccc5)n4)ccc32)cc1. The summed E-state index contributed by atoms with van der Waals surface area (Å²) in [5, 5.41) is 14.0. The smallest absolute Gasteiger partial charge is 0.164 e. The molecule has 0 bridgehead atoms. The Balaban J connectivity index is 0.846. The van der Waals surface area contributed by atoms with Gasteiger partial charge in [-0.3, -0.25) is 4.98 Å². The standard InChI is InChI=1S/C96H58N16/c97-57-60-41-43-61(44-42-60)84-82(111-78-49-45-70(93-103-85(62-25-9-1-10-26-62)99-86(104-93)63-27-11-2-12-28-63)53-74(78)75-54-71(46-50-79(75)111)94-105-87(64-29-13-3-14-30-64)100-88(106-94)65-31-15-4-16-32-65)58-98-59-83(84)112-80-51-47-72(95-107-89(66-33-17-5-18-34-66)101-90(108-95)67-35-19-6-20-36-67)55-76(80)77-56-73(48-52-81(77)112)96-109-91(68-37-21-7-22-38-68)102-92(110-96)69-39-23-8-24-40-69/h1-56,58-59H. The zero-order valence-corrected chi connectivity index (χ0v) is 59.6. The number of rotatable bonds is 15. The van der Waals surface area contributed by atoms with E-state index < -0.39 is 0 Å². The summed E-state index contributed by atoms with van der Waals surface area (Å²) in [4.78, 5) is 67.6. The molecule has 13 aromatic carbocycles. The van der Waals surface area contributed by atoms with E-state index in [2.05, 4.69) is 88.0 Å². The third kappa shape index (κ3) is 12.3. The van der Waals surface area contributed by atoms with Gasteiger partial charge in [-0.15, -0.1) is 0 Å². The Morgan fingerprint density at radius 2 is 0.384 bits per heavy atom. The minimum absolute atomic E-state index is 0.497. The van der Waals surface area contributed by atoms with Crippen molar-refractivity contribution in [3.8, 4) is 165 Å². The van der Waals surface area contributed by atoms with Crippen LogP contribution in [0.5, 0.6) is 0 Å². The van der Waals surface area contributed by atoms with Gasteiger partial charge in [0.1, 0.15) is 0 Å². The maximum absolute atomic E-state index is 10.5. The number of nitriles is 1. The third-order valence-electron chi connectivity index (χ3n) is 20.1. The van der Waals surface area contributed by atoms with Crippen LogP contribution in [0, 0.1) is 11.3 Å². The highest BCUT2D eigenvalue weighted by Gasteiger charge is 2.27. The number of nitrogens with zero attached hydrogens (tertiary/aromatic N) is 16. The summed E-state index contributed by atoms with van der Waals surface area (Å²) in [7, 11) is 0. The van der Waals surface area contributed by atoms with E-state index in [0.29, 0.717) is 75.5 Å². The maximum Gasteiger partial charge on any atom is 0.164 e. The van der Waals surface area contributed by atoms with Crippen LogP contribution >= 0.6 is 0 Å². The second-order valence-electron chi connectivity index (χ2n) is 27.0. The van der Waals surface area contributed by atoms with E-state index in [1.165, 1.54) is 0 Å². The molecule has 0 N–H and O–H groups in total. The fraction of sp³-hybridized carbons (Fsp3) is 0. The first-order valence-electron chi connectivity index (χ1n) is 36.6. The van der Waals surface area contributed by atoms with Crippen LogP contribution in [-0.2, 0) is 0 Å². The van der Waals surface area contributed by atoms with E-state index in [0.717, 1.165) is 133 Å². The van der Waals surface area contributed by atoms with Gasteiger partial charge in [0.2, 0.25) is 0 Å². The van der Waals surface area contributed by atoms with Crippen LogP contribution in [0.3, 0.4) is 0 Å². The zero-order chi connectivity index (χ0) is 74.4. The molecular formula is C96H58N16. The fourth-order valence-corrected chi connectivity index (χ4v) is 14.7. The van der Waals surface area contributed by atoms with Crippen molar-refractivity contribution in [3.05, 3.63) is 358 Å². The summed E-state index contributed by atoms with van der Waals surface area (Å²) in [6.07, 6.45) is 3.86. The number of benzene rings is 13. The lowest BCUT2D eigenvalue weighted by molar-refractivity contribution is 1.07.